The summed E-state index contributed by atoms with van der Waals surface area (Å²) >= 11 is 0. The van der Waals surface area contributed by atoms with E-state index in [0.717, 1.165) is 20.6 Å². The van der Waals surface area contributed by atoms with E-state index in [9.17, 15) is 13.2 Å². The van der Waals surface area contributed by atoms with Gasteiger partial charge in [-0.3, -0.25) is 14.5 Å². The van der Waals surface area contributed by atoms with Crippen LogP contribution in [0.15, 0.2) is 71.6 Å². The van der Waals surface area contributed by atoms with Gasteiger partial charge in [0.15, 0.2) is 0 Å². The Morgan fingerprint density at radius 1 is 1.00 bits per heavy atom. The van der Waals surface area contributed by atoms with Crippen LogP contribution in [0, 0.1) is 6.92 Å². The fourth-order valence-electron chi connectivity index (χ4n) is 2.66. The molecule has 0 aliphatic rings. The average Bonchev–Trinajstić information content (AvgIpc) is 2.65. The summed E-state index contributed by atoms with van der Waals surface area (Å²) in [4.78, 5) is 12.0. The molecule has 0 unspecified atom stereocenters. The predicted octanol–water partition coefficient (Wildman–Crippen LogP) is 2.33. The van der Waals surface area contributed by atoms with Crippen molar-refractivity contribution >= 4 is 32.4 Å². The number of nitrogens with two attached hydrogens (primary N) is 1. The van der Waals surface area contributed by atoms with E-state index in [1.54, 1.807) is 24.3 Å². The van der Waals surface area contributed by atoms with Gasteiger partial charge >= 0.3 is 0 Å². The molecule has 0 aliphatic heterocycles. The summed E-state index contributed by atoms with van der Waals surface area (Å²) in [6, 6.07) is 19.3. The van der Waals surface area contributed by atoms with Gasteiger partial charge in [-0.1, -0.05) is 48.0 Å². The van der Waals surface area contributed by atoms with Crippen molar-refractivity contribution < 1.29 is 13.2 Å². The Bertz CT molecular complexity index is 1050. The molecule has 0 saturated heterocycles. The fourth-order valence-corrected chi connectivity index (χ4v) is 4.07. The van der Waals surface area contributed by atoms with Gasteiger partial charge in [-0.25, -0.2) is 14.3 Å². The smallest absolute Gasteiger partial charge is 0.264 e. The molecule has 0 spiro atoms. The van der Waals surface area contributed by atoms with Crippen LogP contribution in [0.3, 0.4) is 0 Å². The number of hydrazine groups is 1. The Morgan fingerprint density at radius 3 is 2.31 bits per heavy atom. The standard InChI is InChI=1S/C19H19N3O3S/c1-14-6-10-18(11-7-14)26(24,25)22(13-19(23)21-20)17-9-8-15-4-2-3-5-16(15)12-17/h2-12H,13,20H2,1H3,(H,21,23). The molecular formula is C19H19N3O3S. The molecule has 0 aromatic heterocycles. The molecule has 7 heteroatoms. The summed E-state index contributed by atoms with van der Waals surface area (Å²) < 4.78 is 27.3. The maximum absolute atomic E-state index is 13.1. The lowest BCUT2D eigenvalue weighted by Gasteiger charge is -2.24. The topological polar surface area (TPSA) is 92.5 Å². The molecule has 0 bridgehead atoms. The number of amides is 1. The highest BCUT2D eigenvalue weighted by Gasteiger charge is 2.27. The van der Waals surface area contributed by atoms with Crippen molar-refractivity contribution in [3.63, 3.8) is 0 Å². The number of rotatable bonds is 5. The van der Waals surface area contributed by atoms with Crippen molar-refractivity contribution in [1.29, 1.82) is 0 Å². The van der Waals surface area contributed by atoms with Crippen molar-refractivity contribution in [2.24, 2.45) is 5.84 Å². The third-order valence-electron chi connectivity index (χ3n) is 4.08. The first-order valence-corrected chi connectivity index (χ1v) is 9.43. The van der Waals surface area contributed by atoms with Crippen molar-refractivity contribution in [3.05, 3.63) is 72.3 Å². The van der Waals surface area contributed by atoms with Crippen LogP contribution in [0.4, 0.5) is 5.69 Å². The van der Waals surface area contributed by atoms with Crippen LogP contribution in [-0.2, 0) is 14.8 Å². The van der Waals surface area contributed by atoms with Gasteiger partial charge in [0.1, 0.15) is 6.54 Å². The van der Waals surface area contributed by atoms with Gasteiger partial charge in [0.2, 0.25) is 0 Å². The van der Waals surface area contributed by atoms with Crippen LogP contribution >= 0.6 is 0 Å². The van der Waals surface area contributed by atoms with E-state index in [2.05, 4.69) is 0 Å². The molecule has 0 saturated carbocycles. The number of aryl methyl sites for hydroxylation is 1. The number of benzene rings is 3. The summed E-state index contributed by atoms with van der Waals surface area (Å²) in [6.07, 6.45) is 0. The molecule has 0 fully saturated rings. The van der Waals surface area contributed by atoms with Crippen LogP contribution in [0.5, 0.6) is 0 Å². The maximum atomic E-state index is 13.1. The van der Waals surface area contributed by atoms with E-state index < -0.39 is 22.5 Å². The lowest BCUT2D eigenvalue weighted by atomic mass is 10.1. The first-order valence-electron chi connectivity index (χ1n) is 7.99. The number of nitrogens with zero attached hydrogens (tertiary/aromatic N) is 1. The van der Waals surface area contributed by atoms with Crippen LogP contribution in [0.25, 0.3) is 10.8 Å². The first-order chi connectivity index (χ1) is 12.4. The van der Waals surface area contributed by atoms with Crippen molar-refractivity contribution in [1.82, 2.24) is 5.43 Å². The van der Waals surface area contributed by atoms with Crippen LogP contribution < -0.4 is 15.6 Å². The number of hydrogen-bond acceptors (Lipinski definition) is 4. The summed E-state index contributed by atoms with van der Waals surface area (Å²) in [5.74, 6) is 4.57. The maximum Gasteiger partial charge on any atom is 0.264 e. The zero-order chi connectivity index (χ0) is 18.7. The van der Waals surface area contributed by atoms with E-state index in [4.69, 9.17) is 5.84 Å². The minimum Gasteiger partial charge on any atom is -0.293 e. The van der Waals surface area contributed by atoms with E-state index in [1.165, 1.54) is 12.1 Å². The molecule has 3 aromatic carbocycles. The monoisotopic (exact) mass is 369 g/mol. The zero-order valence-electron chi connectivity index (χ0n) is 14.2. The fraction of sp³-hybridized carbons (Fsp3) is 0.105. The molecule has 0 radical (unpaired) electrons. The third kappa shape index (κ3) is 3.54. The molecule has 3 rings (SSSR count). The van der Waals surface area contributed by atoms with Gasteiger partial charge in [0.05, 0.1) is 10.6 Å². The van der Waals surface area contributed by atoms with Gasteiger partial charge in [0, 0.05) is 0 Å². The Morgan fingerprint density at radius 2 is 1.65 bits per heavy atom. The number of carbonyl (C=O) groups is 1. The number of hydrogen-bond donors (Lipinski definition) is 2. The Kier molecular flexibility index (Phi) is 4.92. The van der Waals surface area contributed by atoms with Crippen molar-refractivity contribution in [3.8, 4) is 0 Å². The molecule has 3 N–H and O–H groups in total. The molecule has 1 amide bonds. The summed E-state index contributed by atoms with van der Waals surface area (Å²) in [5, 5.41) is 1.86. The Labute approximate surface area is 152 Å². The lowest BCUT2D eigenvalue weighted by molar-refractivity contribution is -0.119. The second kappa shape index (κ2) is 7.15. The molecule has 0 aliphatic carbocycles. The Balaban J connectivity index is 2.11. The number of carbonyl (C=O) groups excluding carboxylic acids is 1. The predicted molar refractivity (Wildman–Crippen MR) is 102 cm³/mol. The molecule has 0 heterocycles. The minimum atomic E-state index is -3.93. The first kappa shape index (κ1) is 17.9. The van der Waals surface area contributed by atoms with E-state index in [0.29, 0.717) is 5.69 Å². The molecule has 3 aromatic rings. The quantitative estimate of drug-likeness (QED) is 0.410. The lowest BCUT2D eigenvalue weighted by Crippen LogP contribution is -2.43. The van der Waals surface area contributed by atoms with Crippen LogP contribution in [0.1, 0.15) is 5.56 Å². The summed E-state index contributed by atoms with van der Waals surface area (Å²) in [6.45, 7) is 1.46. The molecule has 6 nitrogen and oxygen atoms in total. The van der Waals surface area contributed by atoms with Crippen molar-refractivity contribution in [2.75, 3.05) is 10.8 Å². The van der Waals surface area contributed by atoms with E-state index in [1.807, 2.05) is 42.7 Å². The SMILES string of the molecule is Cc1ccc(S(=O)(=O)N(CC(=O)NN)c2ccc3ccccc3c2)cc1. The second-order valence-electron chi connectivity index (χ2n) is 5.92. The van der Waals surface area contributed by atoms with Gasteiger partial charge in [-0.2, -0.15) is 0 Å². The summed E-state index contributed by atoms with van der Waals surface area (Å²) in [7, 11) is -3.93. The van der Waals surface area contributed by atoms with Crippen LogP contribution in [-0.4, -0.2) is 20.9 Å². The largest absolute Gasteiger partial charge is 0.293 e. The minimum absolute atomic E-state index is 0.112. The zero-order valence-corrected chi connectivity index (χ0v) is 15.0. The highest BCUT2D eigenvalue weighted by atomic mass is 32.2. The van der Waals surface area contributed by atoms with Gasteiger partial charge in [0.25, 0.3) is 15.9 Å². The van der Waals surface area contributed by atoms with Gasteiger partial charge in [-0.05, 0) is 42.0 Å². The molecule has 0 atom stereocenters. The van der Waals surface area contributed by atoms with E-state index in [-0.39, 0.29) is 4.90 Å². The number of fused-ring (bicyclic) bond motifs is 1. The third-order valence-corrected chi connectivity index (χ3v) is 5.87. The normalized spacial score (nSPS) is 11.3. The molecule has 134 valence electrons. The molecule has 26 heavy (non-hydrogen) atoms. The Hall–Kier alpha value is -2.90. The number of sulfonamides is 1. The van der Waals surface area contributed by atoms with Crippen molar-refractivity contribution in [2.45, 2.75) is 11.8 Å². The average molecular weight is 369 g/mol. The summed E-state index contributed by atoms with van der Waals surface area (Å²) in [5.41, 5.74) is 3.33. The van der Waals surface area contributed by atoms with E-state index >= 15 is 0 Å². The molecular weight excluding hydrogens is 350 g/mol. The van der Waals surface area contributed by atoms with Crippen LogP contribution in [0.2, 0.25) is 0 Å². The second-order valence-corrected chi connectivity index (χ2v) is 7.79. The van der Waals surface area contributed by atoms with Gasteiger partial charge in [-0.15, -0.1) is 0 Å². The highest BCUT2D eigenvalue weighted by molar-refractivity contribution is 7.92. The number of nitrogens with one attached hydrogen (secondary N) is 1. The highest BCUT2D eigenvalue weighted by Crippen LogP contribution is 2.27. The number of anilines is 1. The van der Waals surface area contributed by atoms with Gasteiger partial charge < -0.3 is 0 Å².